The van der Waals surface area contributed by atoms with Crippen LogP contribution >= 0.6 is 0 Å². The zero-order valence-corrected chi connectivity index (χ0v) is 13.9. The van der Waals surface area contributed by atoms with Gasteiger partial charge in [0.15, 0.2) is 5.78 Å². The Morgan fingerprint density at radius 3 is 2.46 bits per heavy atom. The standard InChI is InChI=1S/C17H17N3O3S/c1-13(21)14-7-8-15(12-18)17(11-14)19-9-10-20-24(22,23)16-5-3-2-4-6-16/h2-8,11,19-20H,9-10H2,1H3. The summed E-state index contributed by atoms with van der Waals surface area (Å²) in [4.78, 5) is 11.6. The fraction of sp³-hybridized carbons (Fsp3) is 0.176. The Kier molecular flexibility index (Phi) is 5.68. The molecular weight excluding hydrogens is 326 g/mol. The highest BCUT2D eigenvalue weighted by atomic mass is 32.2. The van der Waals surface area contributed by atoms with Crippen molar-refractivity contribution < 1.29 is 13.2 Å². The number of carbonyl (C=O) groups is 1. The molecule has 0 heterocycles. The first-order valence-corrected chi connectivity index (χ1v) is 8.76. The van der Waals surface area contributed by atoms with E-state index in [0.717, 1.165) is 0 Å². The highest BCUT2D eigenvalue weighted by Crippen LogP contribution is 2.17. The second kappa shape index (κ2) is 7.73. The van der Waals surface area contributed by atoms with Crippen LogP contribution in [-0.4, -0.2) is 27.3 Å². The van der Waals surface area contributed by atoms with E-state index in [4.69, 9.17) is 5.26 Å². The molecule has 0 saturated heterocycles. The summed E-state index contributed by atoms with van der Waals surface area (Å²) >= 11 is 0. The summed E-state index contributed by atoms with van der Waals surface area (Å²) in [7, 11) is -3.56. The number of rotatable bonds is 7. The van der Waals surface area contributed by atoms with Crippen LogP contribution in [0.1, 0.15) is 22.8 Å². The first-order chi connectivity index (χ1) is 11.4. The lowest BCUT2D eigenvalue weighted by Gasteiger charge is -2.11. The van der Waals surface area contributed by atoms with E-state index in [1.165, 1.54) is 19.1 Å². The van der Waals surface area contributed by atoms with Gasteiger partial charge in [-0.3, -0.25) is 4.79 Å². The van der Waals surface area contributed by atoms with Crippen LogP contribution in [0.2, 0.25) is 0 Å². The van der Waals surface area contributed by atoms with Gasteiger partial charge in [0.1, 0.15) is 6.07 Å². The average molecular weight is 343 g/mol. The van der Waals surface area contributed by atoms with E-state index in [9.17, 15) is 13.2 Å². The van der Waals surface area contributed by atoms with Gasteiger partial charge in [-0.05, 0) is 37.3 Å². The molecule has 6 nitrogen and oxygen atoms in total. The fourth-order valence-electron chi connectivity index (χ4n) is 2.07. The molecule has 0 atom stereocenters. The number of ketones is 1. The molecule has 0 bridgehead atoms. The van der Waals surface area contributed by atoms with Gasteiger partial charge >= 0.3 is 0 Å². The summed E-state index contributed by atoms with van der Waals surface area (Å²) < 4.78 is 26.6. The smallest absolute Gasteiger partial charge is 0.240 e. The predicted molar refractivity (Wildman–Crippen MR) is 91.3 cm³/mol. The van der Waals surface area contributed by atoms with E-state index >= 15 is 0 Å². The maximum Gasteiger partial charge on any atom is 0.240 e. The monoisotopic (exact) mass is 343 g/mol. The van der Waals surface area contributed by atoms with Gasteiger partial charge in [0, 0.05) is 18.7 Å². The van der Waals surface area contributed by atoms with Crippen molar-refractivity contribution in [3.63, 3.8) is 0 Å². The predicted octanol–water partition coefficient (Wildman–Crippen LogP) is 2.15. The number of hydrogen-bond acceptors (Lipinski definition) is 5. The molecular formula is C17H17N3O3S. The van der Waals surface area contributed by atoms with Crippen LogP contribution in [0.25, 0.3) is 0 Å². The first-order valence-electron chi connectivity index (χ1n) is 7.28. The number of anilines is 1. The lowest BCUT2D eigenvalue weighted by Crippen LogP contribution is -2.29. The third-order valence-electron chi connectivity index (χ3n) is 3.33. The van der Waals surface area contributed by atoms with E-state index in [2.05, 4.69) is 10.0 Å². The molecule has 7 heteroatoms. The van der Waals surface area contributed by atoms with E-state index < -0.39 is 10.0 Å². The Bertz CT molecular complexity index is 872. The van der Waals surface area contributed by atoms with Crippen molar-refractivity contribution in [3.05, 3.63) is 59.7 Å². The van der Waals surface area contributed by atoms with Crippen molar-refractivity contribution in [1.82, 2.24) is 4.72 Å². The number of nitrogens with one attached hydrogen (secondary N) is 2. The molecule has 24 heavy (non-hydrogen) atoms. The van der Waals surface area contributed by atoms with Crippen LogP contribution in [0.5, 0.6) is 0 Å². The van der Waals surface area contributed by atoms with Crippen molar-refractivity contribution in [1.29, 1.82) is 5.26 Å². The van der Waals surface area contributed by atoms with Crippen LogP contribution in [0.3, 0.4) is 0 Å². The van der Waals surface area contributed by atoms with E-state index in [-0.39, 0.29) is 23.8 Å². The van der Waals surface area contributed by atoms with Gasteiger partial charge in [-0.1, -0.05) is 18.2 Å². The topological polar surface area (TPSA) is 99.1 Å². The van der Waals surface area contributed by atoms with Gasteiger partial charge in [0.2, 0.25) is 10.0 Å². The second-order valence-corrected chi connectivity index (χ2v) is 6.83. The SMILES string of the molecule is CC(=O)c1ccc(C#N)c(NCCNS(=O)(=O)c2ccccc2)c1. The Labute approximate surface area is 141 Å². The Balaban J connectivity index is 1.99. The number of nitrogens with zero attached hydrogens (tertiary/aromatic N) is 1. The highest BCUT2D eigenvalue weighted by Gasteiger charge is 2.12. The number of carbonyl (C=O) groups excluding carboxylic acids is 1. The summed E-state index contributed by atoms with van der Waals surface area (Å²) in [6.45, 7) is 1.87. The minimum absolute atomic E-state index is 0.104. The normalized spacial score (nSPS) is 10.8. The molecule has 0 saturated carbocycles. The fourth-order valence-corrected chi connectivity index (χ4v) is 3.13. The maximum atomic E-state index is 12.1. The molecule has 0 aliphatic rings. The van der Waals surface area contributed by atoms with Crippen LogP contribution in [0.15, 0.2) is 53.4 Å². The summed E-state index contributed by atoms with van der Waals surface area (Å²) in [6, 6.07) is 14.8. The Morgan fingerprint density at radius 2 is 1.83 bits per heavy atom. The van der Waals surface area contributed by atoms with Crippen molar-refractivity contribution in [2.75, 3.05) is 18.4 Å². The van der Waals surface area contributed by atoms with E-state index in [1.807, 2.05) is 6.07 Å². The maximum absolute atomic E-state index is 12.1. The summed E-state index contributed by atoms with van der Waals surface area (Å²) in [6.07, 6.45) is 0. The molecule has 2 N–H and O–H groups in total. The van der Waals surface area contributed by atoms with Gasteiger partial charge in [-0.25, -0.2) is 13.1 Å². The van der Waals surface area contributed by atoms with Crippen LogP contribution in [0, 0.1) is 11.3 Å². The van der Waals surface area contributed by atoms with E-state index in [1.54, 1.807) is 36.4 Å². The molecule has 0 spiro atoms. The molecule has 0 aliphatic heterocycles. The molecule has 0 aliphatic carbocycles. The molecule has 124 valence electrons. The molecule has 0 radical (unpaired) electrons. The van der Waals surface area contributed by atoms with E-state index in [0.29, 0.717) is 16.8 Å². The summed E-state index contributed by atoms with van der Waals surface area (Å²) in [5.41, 5.74) is 1.39. The minimum Gasteiger partial charge on any atom is -0.383 e. The van der Waals surface area contributed by atoms with Crippen molar-refractivity contribution >= 4 is 21.5 Å². The molecule has 2 aromatic rings. The lowest BCUT2D eigenvalue weighted by molar-refractivity contribution is 0.101. The van der Waals surface area contributed by atoms with Gasteiger partial charge < -0.3 is 5.32 Å². The van der Waals surface area contributed by atoms with Gasteiger partial charge in [-0.15, -0.1) is 0 Å². The lowest BCUT2D eigenvalue weighted by atomic mass is 10.1. The number of sulfonamides is 1. The first kappa shape index (κ1) is 17.7. The molecule has 2 rings (SSSR count). The highest BCUT2D eigenvalue weighted by molar-refractivity contribution is 7.89. The molecule has 2 aromatic carbocycles. The quantitative estimate of drug-likeness (QED) is 0.593. The number of Topliss-reactive ketones (excluding diaryl/α,β-unsaturated/α-hetero) is 1. The summed E-state index contributed by atoms with van der Waals surface area (Å²) in [5, 5.41) is 12.1. The molecule has 0 aromatic heterocycles. The zero-order chi connectivity index (χ0) is 17.6. The van der Waals surface area contributed by atoms with Crippen molar-refractivity contribution in [2.24, 2.45) is 0 Å². The third kappa shape index (κ3) is 4.41. The van der Waals surface area contributed by atoms with Crippen LogP contribution < -0.4 is 10.0 Å². The molecule has 0 unspecified atom stereocenters. The number of nitriles is 1. The van der Waals surface area contributed by atoms with Crippen LogP contribution in [-0.2, 0) is 10.0 Å². The zero-order valence-electron chi connectivity index (χ0n) is 13.1. The minimum atomic E-state index is -3.56. The van der Waals surface area contributed by atoms with Crippen molar-refractivity contribution in [2.45, 2.75) is 11.8 Å². The molecule has 0 fully saturated rings. The summed E-state index contributed by atoms with van der Waals surface area (Å²) in [5.74, 6) is -0.104. The number of hydrogen-bond donors (Lipinski definition) is 2. The molecule has 0 amide bonds. The number of benzene rings is 2. The third-order valence-corrected chi connectivity index (χ3v) is 4.81. The largest absolute Gasteiger partial charge is 0.383 e. The van der Waals surface area contributed by atoms with Gasteiger partial charge in [0.05, 0.1) is 16.1 Å². The average Bonchev–Trinajstić information content (AvgIpc) is 2.59. The Hall–Kier alpha value is -2.69. The second-order valence-electron chi connectivity index (χ2n) is 5.07. The van der Waals surface area contributed by atoms with Crippen LogP contribution in [0.4, 0.5) is 5.69 Å². The van der Waals surface area contributed by atoms with Gasteiger partial charge in [-0.2, -0.15) is 5.26 Å². The van der Waals surface area contributed by atoms with Gasteiger partial charge in [0.25, 0.3) is 0 Å². The van der Waals surface area contributed by atoms with Crippen molar-refractivity contribution in [3.8, 4) is 6.07 Å². The Morgan fingerprint density at radius 1 is 1.12 bits per heavy atom.